The van der Waals surface area contributed by atoms with E-state index in [2.05, 4.69) is 47.3 Å². The average Bonchev–Trinajstić information content (AvgIpc) is 2.70. The Hall–Kier alpha value is -0.680. The number of hydrogen-bond acceptors (Lipinski definition) is 5. The number of nitrogens with one attached hydrogen (secondary N) is 1. The third-order valence-electron chi connectivity index (χ3n) is 2.96. The van der Waals surface area contributed by atoms with E-state index in [4.69, 9.17) is 0 Å². The third kappa shape index (κ3) is 2.35. The summed E-state index contributed by atoms with van der Waals surface area (Å²) in [6.07, 6.45) is 0. The molecule has 1 saturated heterocycles. The van der Waals surface area contributed by atoms with E-state index in [1.54, 1.807) is 0 Å². The number of hydrogen-bond donors (Lipinski definition) is 1. The van der Waals surface area contributed by atoms with Crippen molar-refractivity contribution < 1.29 is 0 Å². The molecule has 2 rings (SSSR count). The standard InChI is InChI=1S/C11H20N4S/c1-7(2)10-13-11(16-14-10)15-6-8(3)12-5-9(15)4/h7-9,12H,5-6H2,1-4H3. The first-order chi connectivity index (χ1) is 7.58. The molecule has 4 nitrogen and oxygen atoms in total. The zero-order valence-corrected chi connectivity index (χ0v) is 11.2. The summed E-state index contributed by atoms with van der Waals surface area (Å²) in [4.78, 5) is 6.99. The number of piperazine rings is 1. The summed E-state index contributed by atoms with van der Waals surface area (Å²) in [5.41, 5.74) is 0. The van der Waals surface area contributed by atoms with Crippen molar-refractivity contribution in [3.8, 4) is 0 Å². The fraction of sp³-hybridized carbons (Fsp3) is 0.818. The largest absolute Gasteiger partial charge is 0.341 e. The Bertz CT molecular complexity index is 350. The molecule has 1 N–H and O–H groups in total. The second-order valence-corrected chi connectivity index (χ2v) is 5.63. The quantitative estimate of drug-likeness (QED) is 0.856. The lowest BCUT2D eigenvalue weighted by molar-refractivity contribution is 0.424. The molecule has 90 valence electrons. The van der Waals surface area contributed by atoms with E-state index in [-0.39, 0.29) is 0 Å². The van der Waals surface area contributed by atoms with E-state index in [0.29, 0.717) is 18.0 Å². The van der Waals surface area contributed by atoms with Gasteiger partial charge < -0.3 is 10.2 Å². The van der Waals surface area contributed by atoms with E-state index < -0.39 is 0 Å². The zero-order chi connectivity index (χ0) is 11.7. The zero-order valence-electron chi connectivity index (χ0n) is 10.4. The van der Waals surface area contributed by atoms with Crippen LogP contribution in [0.15, 0.2) is 0 Å². The van der Waals surface area contributed by atoms with Gasteiger partial charge in [0.05, 0.1) is 0 Å². The van der Waals surface area contributed by atoms with Gasteiger partial charge in [0.15, 0.2) is 0 Å². The molecule has 1 aliphatic rings. The maximum Gasteiger partial charge on any atom is 0.205 e. The van der Waals surface area contributed by atoms with Crippen LogP contribution in [0.3, 0.4) is 0 Å². The Labute approximate surface area is 101 Å². The van der Waals surface area contributed by atoms with E-state index in [9.17, 15) is 0 Å². The maximum atomic E-state index is 4.62. The Morgan fingerprint density at radius 3 is 2.81 bits per heavy atom. The summed E-state index contributed by atoms with van der Waals surface area (Å²) in [5, 5.41) is 4.55. The number of anilines is 1. The van der Waals surface area contributed by atoms with E-state index in [1.807, 2.05) is 0 Å². The summed E-state index contributed by atoms with van der Waals surface area (Å²) in [7, 11) is 0. The normalized spacial score (nSPS) is 26.4. The molecule has 1 fully saturated rings. The molecule has 5 heteroatoms. The Morgan fingerprint density at radius 1 is 1.44 bits per heavy atom. The van der Waals surface area contributed by atoms with Crippen molar-refractivity contribution in [2.75, 3.05) is 18.0 Å². The van der Waals surface area contributed by atoms with Gasteiger partial charge in [0.1, 0.15) is 5.82 Å². The molecule has 1 aromatic rings. The van der Waals surface area contributed by atoms with Gasteiger partial charge in [-0.3, -0.25) is 0 Å². The first-order valence-electron chi connectivity index (χ1n) is 5.91. The lowest BCUT2D eigenvalue weighted by Crippen LogP contribution is -2.54. The van der Waals surface area contributed by atoms with Crippen LogP contribution >= 0.6 is 11.5 Å². The van der Waals surface area contributed by atoms with E-state index in [0.717, 1.165) is 24.0 Å². The highest BCUT2D eigenvalue weighted by Crippen LogP contribution is 2.24. The van der Waals surface area contributed by atoms with Crippen LogP contribution in [0, 0.1) is 0 Å². The van der Waals surface area contributed by atoms with Crippen molar-refractivity contribution in [2.45, 2.75) is 45.7 Å². The summed E-state index contributed by atoms with van der Waals surface area (Å²) in [6, 6.07) is 1.03. The van der Waals surface area contributed by atoms with Gasteiger partial charge >= 0.3 is 0 Å². The van der Waals surface area contributed by atoms with Gasteiger partial charge in [-0.25, -0.2) is 4.98 Å². The molecule has 1 aliphatic heterocycles. The summed E-state index contributed by atoms with van der Waals surface area (Å²) < 4.78 is 4.42. The fourth-order valence-electron chi connectivity index (χ4n) is 1.87. The van der Waals surface area contributed by atoms with Crippen molar-refractivity contribution in [2.24, 2.45) is 0 Å². The molecule has 0 spiro atoms. The molecule has 16 heavy (non-hydrogen) atoms. The highest BCUT2D eigenvalue weighted by atomic mass is 32.1. The van der Waals surface area contributed by atoms with Crippen LogP contribution in [0.2, 0.25) is 0 Å². The van der Waals surface area contributed by atoms with E-state index in [1.165, 1.54) is 11.5 Å². The number of rotatable bonds is 2. The topological polar surface area (TPSA) is 41.1 Å². The molecular weight excluding hydrogens is 220 g/mol. The molecule has 2 heterocycles. The molecule has 0 aliphatic carbocycles. The van der Waals surface area contributed by atoms with Crippen LogP contribution < -0.4 is 10.2 Å². The van der Waals surface area contributed by atoms with Gasteiger partial charge in [0, 0.05) is 42.6 Å². The average molecular weight is 240 g/mol. The van der Waals surface area contributed by atoms with Crippen molar-refractivity contribution in [3.05, 3.63) is 5.82 Å². The summed E-state index contributed by atoms with van der Waals surface area (Å²) in [5.74, 6) is 1.39. The SMILES string of the molecule is CC1CN(c2nc(C(C)C)ns2)C(C)CN1. The number of aromatic nitrogens is 2. The highest BCUT2D eigenvalue weighted by molar-refractivity contribution is 7.09. The molecule has 0 saturated carbocycles. The van der Waals surface area contributed by atoms with Crippen LogP contribution in [0.1, 0.15) is 39.4 Å². The van der Waals surface area contributed by atoms with Crippen molar-refractivity contribution in [1.29, 1.82) is 0 Å². The lowest BCUT2D eigenvalue weighted by atomic mass is 10.1. The van der Waals surface area contributed by atoms with Crippen LogP contribution in [0.25, 0.3) is 0 Å². The minimum absolute atomic E-state index is 0.417. The molecule has 2 atom stereocenters. The molecule has 1 aromatic heterocycles. The Kier molecular flexibility index (Phi) is 3.44. The number of nitrogens with zero attached hydrogens (tertiary/aromatic N) is 3. The van der Waals surface area contributed by atoms with Gasteiger partial charge in [0.2, 0.25) is 5.13 Å². The fourth-order valence-corrected chi connectivity index (χ4v) is 2.79. The predicted molar refractivity (Wildman–Crippen MR) is 68.3 cm³/mol. The van der Waals surface area contributed by atoms with Gasteiger partial charge in [-0.15, -0.1) is 0 Å². The van der Waals surface area contributed by atoms with Gasteiger partial charge in [0.25, 0.3) is 0 Å². The minimum Gasteiger partial charge on any atom is -0.341 e. The summed E-state index contributed by atoms with van der Waals surface area (Å²) >= 11 is 1.53. The maximum absolute atomic E-state index is 4.62. The Balaban J connectivity index is 2.15. The minimum atomic E-state index is 0.417. The molecule has 0 radical (unpaired) electrons. The monoisotopic (exact) mass is 240 g/mol. The smallest absolute Gasteiger partial charge is 0.205 e. The first-order valence-corrected chi connectivity index (χ1v) is 6.69. The second-order valence-electron chi connectivity index (χ2n) is 4.90. The Morgan fingerprint density at radius 2 is 2.19 bits per heavy atom. The van der Waals surface area contributed by atoms with E-state index >= 15 is 0 Å². The molecule has 0 bridgehead atoms. The molecule has 2 unspecified atom stereocenters. The van der Waals surface area contributed by atoms with Crippen molar-refractivity contribution in [1.82, 2.24) is 14.7 Å². The molecule has 0 aromatic carbocycles. The third-order valence-corrected chi connectivity index (χ3v) is 3.72. The molecule has 0 amide bonds. The second kappa shape index (κ2) is 4.67. The van der Waals surface area contributed by atoms with Gasteiger partial charge in [-0.1, -0.05) is 13.8 Å². The predicted octanol–water partition coefficient (Wildman–Crippen LogP) is 1.85. The van der Waals surface area contributed by atoms with Crippen LogP contribution in [-0.2, 0) is 0 Å². The van der Waals surface area contributed by atoms with Gasteiger partial charge in [-0.05, 0) is 13.8 Å². The highest BCUT2D eigenvalue weighted by Gasteiger charge is 2.25. The van der Waals surface area contributed by atoms with Crippen LogP contribution in [-0.4, -0.2) is 34.5 Å². The lowest BCUT2D eigenvalue weighted by Gasteiger charge is -2.37. The molecular formula is C11H20N4S. The first kappa shape index (κ1) is 11.8. The van der Waals surface area contributed by atoms with Crippen molar-refractivity contribution >= 4 is 16.7 Å². The van der Waals surface area contributed by atoms with Crippen LogP contribution in [0.4, 0.5) is 5.13 Å². The van der Waals surface area contributed by atoms with Crippen molar-refractivity contribution in [3.63, 3.8) is 0 Å². The summed E-state index contributed by atoms with van der Waals surface area (Å²) in [6.45, 7) is 10.8. The van der Waals surface area contributed by atoms with Crippen LogP contribution in [0.5, 0.6) is 0 Å². The van der Waals surface area contributed by atoms with Gasteiger partial charge in [-0.2, -0.15) is 4.37 Å².